The molecule has 0 saturated heterocycles. The van der Waals surface area contributed by atoms with Gasteiger partial charge in [-0.1, -0.05) is 24.8 Å². The van der Waals surface area contributed by atoms with E-state index in [0.717, 1.165) is 6.07 Å². The van der Waals surface area contributed by atoms with E-state index in [0.29, 0.717) is 28.0 Å². The monoisotopic (exact) mass is 453 g/mol. The van der Waals surface area contributed by atoms with Gasteiger partial charge >= 0.3 is 0 Å². The number of aromatic nitrogens is 2. The summed E-state index contributed by atoms with van der Waals surface area (Å²) in [5, 5.41) is 2.33. The molecular formula is C23H17F2N3O3S. The van der Waals surface area contributed by atoms with Gasteiger partial charge in [-0.05, 0) is 29.7 Å². The van der Waals surface area contributed by atoms with Crippen molar-refractivity contribution in [2.45, 2.75) is 0 Å². The molecule has 9 heteroatoms. The largest absolute Gasteiger partial charge is 0.452 e. The van der Waals surface area contributed by atoms with E-state index in [1.54, 1.807) is 43.6 Å². The summed E-state index contributed by atoms with van der Waals surface area (Å²) in [5.41, 5.74) is 0.880. The van der Waals surface area contributed by atoms with Gasteiger partial charge in [0.25, 0.3) is 5.56 Å². The summed E-state index contributed by atoms with van der Waals surface area (Å²) in [6, 6.07) is 11.6. The van der Waals surface area contributed by atoms with E-state index in [9.17, 15) is 17.8 Å². The van der Waals surface area contributed by atoms with E-state index >= 15 is 0 Å². The second-order valence-electron chi connectivity index (χ2n) is 6.81. The van der Waals surface area contributed by atoms with E-state index in [4.69, 9.17) is 4.74 Å². The van der Waals surface area contributed by atoms with Gasteiger partial charge in [-0.25, -0.2) is 18.0 Å². The van der Waals surface area contributed by atoms with Gasteiger partial charge in [-0.3, -0.25) is 9.52 Å². The third-order valence-corrected chi connectivity index (χ3v) is 5.43. The summed E-state index contributed by atoms with van der Waals surface area (Å²) in [4.78, 5) is 16.8. The maximum absolute atomic E-state index is 14.2. The van der Waals surface area contributed by atoms with Crippen LogP contribution in [-0.2, 0) is 18.0 Å². The zero-order valence-corrected chi connectivity index (χ0v) is 17.7. The van der Waals surface area contributed by atoms with Crippen molar-refractivity contribution in [1.29, 1.82) is 0 Å². The average Bonchev–Trinajstić information content (AvgIpc) is 2.79. The van der Waals surface area contributed by atoms with Crippen LogP contribution in [0.4, 0.5) is 14.6 Å². The summed E-state index contributed by atoms with van der Waals surface area (Å²) in [6.07, 6.45) is 2.96. The third kappa shape index (κ3) is 4.15. The first-order chi connectivity index (χ1) is 15.4. The quantitative estimate of drug-likeness (QED) is 0.451. The van der Waals surface area contributed by atoms with Crippen LogP contribution in [0.25, 0.3) is 21.9 Å². The molecule has 0 saturated carbocycles. The molecule has 0 aliphatic heterocycles. The Morgan fingerprint density at radius 3 is 2.56 bits per heavy atom. The molecule has 0 bridgehead atoms. The Balaban J connectivity index is 1.94. The van der Waals surface area contributed by atoms with Crippen molar-refractivity contribution in [1.82, 2.24) is 9.55 Å². The lowest BCUT2D eigenvalue weighted by Crippen LogP contribution is -2.16. The van der Waals surface area contributed by atoms with Crippen molar-refractivity contribution in [2.24, 2.45) is 7.05 Å². The second-order valence-corrected chi connectivity index (χ2v) is 7.95. The van der Waals surface area contributed by atoms with E-state index in [1.807, 2.05) is 0 Å². The Hall–Kier alpha value is -3.85. The van der Waals surface area contributed by atoms with Crippen LogP contribution in [0.15, 0.2) is 77.7 Å². The molecule has 0 radical (unpaired) electrons. The highest BCUT2D eigenvalue weighted by molar-refractivity contribution is 7.89. The molecule has 4 rings (SSSR count). The molecule has 32 heavy (non-hydrogen) atoms. The van der Waals surface area contributed by atoms with E-state index < -0.39 is 22.6 Å². The number of benzene rings is 2. The zero-order chi connectivity index (χ0) is 22.8. The molecule has 0 aliphatic rings. The van der Waals surface area contributed by atoms with Gasteiger partial charge in [0.1, 0.15) is 22.6 Å². The molecule has 2 aromatic carbocycles. The summed E-state index contributed by atoms with van der Waals surface area (Å²) in [5.74, 6) is -1.39. The predicted octanol–water partition coefficient (Wildman–Crippen LogP) is 4.89. The van der Waals surface area contributed by atoms with Crippen molar-refractivity contribution in [3.63, 3.8) is 0 Å². The van der Waals surface area contributed by atoms with Gasteiger partial charge in [0, 0.05) is 41.2 Å². The van der Waals surface area contributed by atoms with Crippen LogP contribution in [0.5, 0.6) is 11.5 Å². The van der Waals surface area contributed by atoms with Crippen LogP contribution < -0.4 is 15.0 Å². The smallest absolute Gasteiger partial charge is 0.258 e. The summed E-state index contributed by atoms with van der Waals surface area (Å²) in [6.45, 7) is 3.46. The molecular weight excluding hydrogens is 436 g/mol. The minimum atomic E-state index is -1.57. The van der Waals surface area contributed by atoms with Crippen molar-refractivity contribution >= 4 is 27.6 Å². The highest BCUT2D eigenvalue weighted by Gasteiger charge is 2.17. The molecule has 0 spiro atoms. The van der Waals surface area contributed by atoms with Gasteiger partial charge < -0.3 is 9.30 Å². The molecule has 4 aromatic rings. The standard InChI is InChI=1S/C23H17F2N3O3S/c1-3-32(30)27-22-11-17(18-13-28(2)23(29)16-7-5-4-6-15(16)18)21(12-26-22)31-20-9-8-14(24)10-19(20)25/h3-13H,1H2,2H3,(H,26,27). The number of pyridine rings is 2. The minimum Gasteiger partial charge on any atom is -0.452 e. The fraction of sp³-hybridized carbons (Fsp3) is 0.0435. The normalized spacial score (nSPS) is 11.8. The first kappa shape index (κ1) is 21.4. The third-order valence-electron chi connectivity index (χ3n) is 4.72. The SMILES string of the molecule is C=CS(=O)Nc1cc(-c2cn(C)c(=O)c3ccccc23)c(Oc2ccc(F)cc2F)cn1. The van der Waals surface area contributed by atoms with Crippen molar-refractivity contribution in [2.75, 3.05) is 4.72 Å². The van der Waals surface area contributed by atoms with Crippen molar-refractivity contribution in [3.8, 4) is 22.6 Å². The predicted molar refractivity (Wildman–Crippen MR) is 121 cm³/mol. The van der Waals surface area contributed by atoms with E-state index in [2.05, 4.69) is 16.3 Å². The maximum atomic E-state index is 14.2. The van der Waals surface area contributed by atoms with Crippen LogP contribution in [0, 0.1) is 11.6 Å². The number of ether oxygens (including phenoxy) is 1. The van der Waals surface area contributed by atoms with Crippen LogP contribution in [0.3, 0.4) is 0 Å². The number of anilines is 1. The number of nitrogens with one attached hydrogen (secondary N) is 1. The first-order valence-corrected chi connectivity index (χ1v) is 10.6. The molecule has 1 atom stereocenters. The number of nitrogens with zero attached hydrogens (tertiary/aromatic N) is 2. The Morgan fingerprint density at radius 1 is 1.09 bits per heavy atom. The van der Waals surface area contributed by atoms with Gasteiger partial charge in [0.2, 0.25) is 0 Å². The molecule has 2 heterocycles. The summed E-state index contributed by atoms with van der Waals surface area (Å²) in [7, 11) is 0.0417. The van der Waals surface area contributed by atoms with Gasteiger partial charge in [0.05, 0.1) is 6.20 Å². The zero-order valence-electron chi connectivity index (χ0n) is 16.8. The van der Waals surface area contributed by atoms with E-state index in [1.165, 1.54) is 22.2 Å². The van der Waals surface area contributed by atoms with E-state index in [-0.39, 0.29) is 22.9 Å². The highest BCUT2D eigenvalue weighted by atomic mass is 32.2. The fourth-order valence-electron chi connectivity index (χ4n) is 3.24. The number of rotatable bonds is 6. The Kier molecular flexibility index (Phi) is 5.83. The van der Waals surface area contributed by atoms with Crippen molar-refractivity contribution in [3.05, 3.63) is 94.9 Å². The lowest BCUT2D eigenvalue weighted by atomic mass is 10.0. The van der Waals surface area contributed by atoms with Crippen LogP contribution in [0.2, 0.25) is 0 Å². The van der Waals surface area contributed by atoms with Crippen LogP contribution in [-0.4, -0.2) is 13.8 Å². The molecule has 0 aliphatic carbocycles. The number of hydrogen-bond donors (Lipinski definition) is 1. The Bertz CT molecular complexity index is 1440. The van der Waals surface area contributed by atoms with Gasteiger partial charge in [-0.15, -0.1) is 0 Å². The molecule has 0 fully saturated rings. The topological polar surface area (TPSA) is 73.2 Å². The van der Waals surface area contributed by atoms with Gasteiger partial charge in [-0.2, -0.15) is 0 Å². The molecule has 1 unspecified atom stereocenters. The first-order valence-electron chi connectivity index (χ1n) is 9.39. The average molecular weight is 453 g/mol. The summed E-state index contributed by atoms with van der Waals surface area (Å²) < 4.78 is 49.3. The molecule has 162 valence electrons. The fourth-order valence-corrected chi connectivity index (χ4v) is 3.64. The molecule has 6 nitrogen and oxygen atoms in total. The molecule has 0 amide bonds. The second kappa shape index (κ2) is 8.72. The number of aryl methyl sites for hydroxylation is 1. The molecule has 1 N–H and O–H groups in total. The Labute approximate surface area is 184 Å². The Morgan fingerprint density at radius 2 is 1.84 bits per heavy atom. The van der Waals surface area contributed by atoms with Crippen LogP contribution in [0.1, 0.15) is 0 Å². The lowest BCUT2D eigenvalue weighted by Gasteiger charge is -2.16. The number of hydrogen-bond acceptors (Lipinski definition) is 4. The molecule has 2 aromatic heterocycles. The van der Waals surface area contributed by atoms with Gasteiger partial charge in [0.15, 0.2) is 17.3 Å². The minimum absolute atomic E-state index is 0.161. The van der Waals surface area contributed by atoms with Crippen molar-refractivity contribution < 1.29 is 17.7 Å². The maximum Gasteiger partial charge on any atom is 0.258 e. The highest BCUT2D eigenvalue weighted by Crippen LogP contribution is 2.38. The lowest BCUT2D eigenvalue weighted by molar-refractivity contribution is 0.437. The number of halogens is 2. The van der Waals surface area contributed by atoms with Crippen LogP contribution >= 0.6 is 0 Å². The summed E-state index contributed by atoms with van der Waals surface area (Å²) >= 11 is 0. The number of fused-ring (bicyclic) bond motifs is 1.